The molecule has 2 amide bonds. The first-order valence-corrected chi connectivity index (χ1v) is 8.27. The lowest BCUT2D eigenvalue weighted by Crippen LogP contribution is -2.52. The second kappa shape index (κ2) is 7.69. The summed E-state index contributed by atoms with van der Waals surface area (Å²) in [5.41, 5.74) is -0.412. The maximum atomic E-state index is 12.4. The molecule has 0 aromatic heterocycles. The minimum atomic E-state index is -1.40. The van der Waals surface area contributed by atoms with Crippen LogP contribution >= 0.6 is 0 Å². The van der Waals surface area contributed by atoms with Crippen molar-refractivity contribution >= 4 is 17.7 Å². The quantitative estimate of drug-likeness (QED) is 0.644. The van der Waals surface area contributed by atoms with E-state index in [4.69, 9.17) is 4.74 Å². The molecule has 1 fully saturated rings. The van der Waals surface area contributed by atoms with Gasteiger partial charge in [0.1, 0.15) is 5.60 Å². The third-order valence-electron chi connectivity index (χ3n) is 3.90. The first-order valence-electron chi connectivity index (χ1n) is 8.27. The zero-order chi connectivity index (χ0) is 19.5. The minimum absolute atomic E-state index is 0.112. The number of piperazine rings is 1. The molecule has 0 saturated carbocycles. The lowest BCUT2D eigenvalue weighted by atomic mass is 10.1. The summed E-state index contributed by atoms with van der Waals surface area (Å²) in [6, 6.07) is 5.20. The summed E-state index contributed by atoms with van der Waals surface area (Å²) in [7, 11) is 0. The second-order valence-electron chi connectivity index (χ2n) is 7.04. The van der Waals surface area contributed by atoms with Gasteiger partial charge in [0.05, 0.1) is 4.92 Å². The Balaban J connectivity index is 1.93. The molecule has 1 aliphatic heterocycles. The molecule has 1 saturated heterocycles. The van der Waals surface area contributed by atoms with Crippen LogP contribution in [0.5, 0.6) is 0 Å². The van der Waals surface area contributed by atoms with Gasteiger partial charge in [-0.15, -0.1) is 0 Å². The molecule has 1 N–H and O–H groups in total. The molecule has 0 radical (unpaired) electrons. The maximum Gasteiger partial charge on any atom is 0.410 e. The van der Waals surface area contributed by atoms with Crippen LogP contribution in [0.25, 0.3) is 0 Å². The van der Waals surface area contributed by atoms with Crippen molar-refractivity contribution in [2.24, 2.45) is 0 Å². The standard InChI is InChI=1S/C17H23N3O6/c1-17(2,3)26-16(23)19-10-8-18(9-11-19)15(22)14(21)12-4-6-13(7-5-12)20(24)25/h4-7,14,21H,8-11H2,1-3H3. The molecule has 1 atom stereocenters. The Morgan fingerprint density at radius 3 is 2.08 bits per heavy atom. The molecule has 9 nitrogen and oxygen atoms in total. The Bertz CT molecular complexity index is 675. The van der Waals surface area contributed by atoms with Gasteiger partial charge in [0.15, 0.2) is 6.10 Å². The largest absolute Gasteiger partial charge is 0.444 e. The number of rotatable bonds is 3. The van der Waals surface area contributed by atoms with Crippen molar-refractivity contribution in [2.45, 2.75) is 32.5 Å². The molecule has 9 heteroatoms. The fraction of sp³-hybridized carbons (Fsp3) is 0.529. The summed E-state index contributed by atoms with van der Waals surface area (Å²) in [6.07, 6.45) is -1.83. The van der Waals surface area contributed by atoms with Gasteiger partial charge in [-0.3, -0.25) is 14.9 Å². The van der Waals surface area contributed by atoms with Crippen LogP contribution in [-0.2, 0) is 9.53 Å². The smallest absolute Gasteiger partial charge is 0.410 e. The van der Waals surface area contributed by atoms with Crippen molar-refractivity contribution in [1.29, 1.82) is 0 Å². The molecule has 1 aliphatic rings. The zero-order valence-corrected chi connectivity index (χ0v) is 15.0. The van der Waals surface area contributed by atoms with Gasteiger partial charge >= 0.3 is 6.09 Å². The predicted molar refractivity (Wildman–Crippen MR) is 92.4 cm³/mol. The molecule has 0 spiro atoms. The highest BCUT2D eigenvalue weighted by Gasteiger charge is 2.30. The number of benzene rings is 1. The van der Waals surface area contributed by atoms with E-state index in [0.29, 0.717) is 13.1 Å². The number of carbonyl (C=O) groups is 2. The number of hydrogen-bond acceptors (Lipinski definition) is 6. The van der Waals surface area contributed by atoms with Crippen LogP contribution in [0.1, 0.15) is 32.4 Å². The molecule has 1 aromatic carbocycles. The summed E-state index contributed by atoms with van der Waals surface area (Å²) < 4.78 is 5.30. The van der Waals surface area contributed by atoms with E-state index in [9.17, 15) is 24.8 Å². The molecular weight excluding hydrogens is 342 g/mol. The van der Waals surface area contributed by atoms with E-state index in [-0.39, 0.29) is 24.3 Å². The van der Waals surface area contributed by atoms with E-state index in [1.165, 1.54) is 34.1 Å². The van der Waals surface area contributed by atoms with Crippen LogP contribution in [0.4, 0.5) is 10.5 Å². The Morgan fingerprint density at radius 2 is 1.62 bits per heavy atom. The lowest BCUT2D eigenvalue weighted by Gasteiger charge is -2.36. The second-order valence-corrected chi connectivity index (χ2v) is 7.04. The van der Waals surface area contributed by atoms with Gasteiger partial charge in [-0.25, -0.2) is 4.79 Å². The van der Waals surface area contributed by atoms with E-state index in [2.05, 4.69) is 0 Å². The molecule has 1 heterocycles. The molecule has 1 unspecified atom stereocenters. The molecule has 2 rings (SSSR count). The third kappa shape index (κ3) is 4.92. The number of amides is 2. The topological polar surface area (TPSA) is 113 Å². The number of aliphatic hydroxyl groups is 1. The maximum absolute atomic E-state index is 12.4. The van der Waals surface area contributed by atoms with E-state index in [1.807, 2.05) is 0 Å². The highest BCUT2D eigenvalue weighted by Crippen LogP contribution is 2.20. The number of aliphatic hydroxyl groups excluding tert-OH is 1. The monoisotopic (exact) mass is 365 g/mol. The van der Waals surface area contributed by atoms with Gasteiger partial charge < -0.3 is 19.6 Å². The highest BCUT2D eigenvalue weighted by molar-refractivity contribution is 5.82. The first-order chi connectivity index (χ1) is 12.1. The summed E-state index contributed by atoms with van der Waals surface area (Å²) in [6.45, 7) is 6.53. The van der Waals surface area contributed by atoms with Gasteiger partial charge in [-0.2, -0.15) is 0 Å². The Hall–Kier alpha value is -2.68. The van der Waals surface area contributed by atoms with Crippen molar-refractivity contribution in [1.82, 2.24) is 9.80 Å². The molecule has 0 bridgehead atoms. The number of hydrogen-bond donors (Lipinski definition) is 1. The van der Waals surface area contributed by atoms with E-state index >= 15 is 0 Å². The Kier molecular flexibility index (Phi) is 5.81. The summed E-state index contributed by atoms with van der Waals surface area (Å²) >= 11 is 0. The van der Waals surface area contributed by atoms with Crippen LogP contribution < -0.4 is 0 Å². The number of nitro benzene ring substituents is 1. The SMILES string of the molecule is CC(C)(C)OC(=O)N1CCN(C(=O)C(O)c2ccc([N+](=O)[O-])cc2)CC1. The molecule has 1 aromatic rings. The summed E-state index contributed by atoms with van der Waals surface area (Å²) in [5.74, 6) is -0.498. The first kappa shape index (κ1) is 19.6. The Labute approximate surface area is 151 Å². The van der Waals surface area contributed by atoms with E-state index < -0.39 is 28.6 Å². The zero-order valence-electron chi connectivity index (χ0n) is 15.0. The average Bonchev–Trinajstić information content (AvgIpc) is 2.59. The van der Waals surface area contributed by atoms with Gasteiger partial charge in [0, 0.05) is 38.3 Å². The molecule has 142 valence electrons. The minimum Gasteiger partial charge on any atom is -0.444 e. The van der Waals surface area contributed by atoms with Gasteiger partial charge in [0.2, 0.25) is 0 Å². The molecule has 26 heavy (non-hydrogen) atoms. The van der Waals surface area contributed by atoms with E-state index in [1.54, 1.807) is 20.8 Å². The third-order valence-corrected chi connectivity index (χ3v) is 3.90. The number of carbonyl (C=O) groups excluding carboxylic acids is 2. The summed E-state index contributed by atoms with van der Waals surface area (Å²) in [4.78, 5) is 37.6. The van der Waals surface area contributed by atoms with Crippen LogP contribution in [-0.4, -0.2) is 63.6 Å². The number of nitrogens with zero attached hydrogens (tertiary/aromatic N) is 3. The van der Waals surface area contributed by atoms with Gasteiger partial charge in [0.25, 0.3) is 11.6 Å². The predicted octanol–water partition coefficient (Wildman–Crippen LogP) is 1.71. The van der Waals surface area contributed by atoms with E-state index in [0.717, 1.165) is 0 Å². The average molecular weight is 365 g/mol. The van der Waals surface area contributed by atoms with Crippen LogP contribution in [0.3, 0.4) is 0 Å². The van der Waals surface area contributed by atoms with Crippen LogP contribution in [0.2, 0.25) is 0 Å². The fourth-order valence-electron chi connectivity index (χ4n) is 2.53. The number of nitro groups is 1. The van der Waals surface area contributed by atoms with Crippen molar-refractivity contribution in [3.8, 4) is 0 Å². The fourth-order valence-corrected chi connectivity index (χ4v) is 2.53. The summed E-state index contributed by atoms with van der Waals surface area (Å²) in [5, 5.41) is 20.9. The number of non-ortho nitro benzene ring substituents is 1. The van der Waals surface area contributed by atoms with Crippen molar-refractivity contribution in [3.63, 3.8) is 0 Å². The van der Waals surface area contributed by atoms with Crippen LogP contribution in [0, 0.1) is 10.1 Å². The lowest BCUT2D eigenvalue weighted by molar-refractivity contribution is -0.384. The molecule has 0 aliphatic carbocycles. The molecular formula is C17H23N3O6. The number of ether oxygens (including phenoxy) is 1. The van der Waals surface area contributed by atoms with Crippen molar-refractivity contribution in [2.75, 3.05) is 26.2 Å². The van der Waals surface area contributed by atoms with Crippen molar-refractivity contribution in [3.05, 3.63) is 39.9 Å². The Morgan fingerprint density at radius 1 is 1.12 bits per heavy atom. The normalized spacial score (nSPS) is 16.2. The van der Waals surface area contributed by atoms with Crippen molar-refractivity contribution < 1.29 is 24.4 Å². The highest BCUT2D eigenvalue weighted by atomic mass is 16.6. The van der Waals surface area contributed by atoms with Gasteiger partial charge in [-0.1, -0.05) is 0 Å². The van der Waals surface area contributed by atoms with Gasteiger partial charge in [-0.05, 0) is 38.5 Å². The van der Waals surface area contributed by atoms with Crippen LogP contribution in [0.15, 0.2) is 24.3 Å².